The van der Waals surface area contributed by atoms with Crippen LogP contribution in [0.2, 0.25) is 0 Å². The lowest BCUT2D eigenvalue weighted by Gasteiger charge is -2.30. The Morgan fingerprint density at radius 1 is 1.25 bits per heavy atom. The summed E-state index contributed by atoms with van der Waals surface area (Å²) in [6, 6.07) is -0.274. The normalized spacial score (nSPS) is 26.5. The number of alkyl halides is 2. The second-order valence-electron chi connectivity index (χ2n) is 5.75. The predicted molar refractivity (Wildman–Crippen MR) is 67.6 cm³/mol. The topological polar surface area (TPSA) is 69.6 Å². The van der Waals surface area contributed by atoms with Gasteiger partial charge in [0.05, 0.1) is 5.92 Å². The Bertz CT molecular complexity index is 382. The Hall–Kier alpha value is -1.40. The lowest BCUT2D eigenvalue weighted by atomic mass is 9.97. The van der Waals surface area contributed by atoms with E-state index in [-0.39, 0.29) is 37.3 Å². The molecule has 1 atom stereocenters. The van der Waals surface area contributed by atoms with Gasteiger partial charge in [-0.05, 0) is 25.2 Å². The molecule has 0 aromatic heterocycles. The zero-order valence-electron chi connectivity index (χ0n) is 11.3. The molecule has 114 valence electrons. The van der Waals surface area contributed by atoms with E-state index in [2.05, 4.69) is 5.32 Å². The molecular formula is C13H20F2N2O3. The molecule has 0 bridgehead atoms. The van der Waals surface area contributed by atoms with Crippen LogP contribution in [0.4, 0.5) is 13.6 Å². The number of piperidine rings is 1. The fourth-order valence-corrected chi connectivity index (χ4v) is 2.89. The third-order valence-electron chi connectivity index (χ3n) is 4.18. The second kappa shape index (κ2) is 5.93. The number of hydrogen-bond acceptors (Lipinski definition) is 2. The van der Waals surface area contributed by atoms with Crippen LogP contribution in [0.3, 0.4) is 0 Å². The van der Waals surface area contributed by atoms with Crippen molar-refractivity contribution in [2.24, 2.45) is 11.8 Å². The minimum atomic E-state index is -2.59. The molecule has 0 spiro atoms. The van der Waals surface area contributed by atoms with Gasteiger partial charge >= 0.3 is 12.0 Å². The number of carboxylic acid groups (broad SMARTS) is 1. The number of aliphatic carboxylic acids is 1. The van der Waals surface area contributed by atoms with Gasteiger partial charge < -0.3 is 15.3 Å². The molecule has 2 fully saturated rings. The second-order valence-corrected chi connectivity index (χ2v) is 5.75. The minimum Gasteiger partial charge on any atom is -0.481 e. The van der Waals surface area contributed by atoms with Crippen LogP contribution in [-0.4, -0.2) is 47.6 Å². The molecular weight excluding hydrogens is 270 g/mol. The highest BCUT2D eigenvalue weighted by atomic mass is 19.3. The molecule has 20 heavy (non-hydrogen) atoms. The zero-order valence-corrected chi connectivity index (χ0v) is 11.3. The Morgan fingerprint density at radius 2 is 1.90 bits per heavy atom. The summed E-state index contributed by atoms with van der Waals surface area (Å²) in [5.74, 6) is -3.95. The van der Waals surface area contributed by atoms with E-state index < -0.39 is 11.9 Å². The van der Waals surface area contributed by atoms with Gasteiger partial charge in [0, 0.05) is 32.5 Å². The van der Waals surface area contributed by atoms with Gasteiger partial charge in [0.1, 0.15) is 0 Å². The van der Waals surface area contributed by atoms with Crippen LogP contribution in [0.1, 0.15) is 32.1 Å². The first-order chi connectivity index (χ1) is 9.37. The number of hydrogen-bond donors (Lipinski definition) is 2. The average Bonchev–Trinajstić information content (AvgIpc) is 2.75. The molecule has 5 nitrogen and oxygen atoms in total. The molecule has 1 saturated carbocycles. The smallest absolute Gasteiger partial charge is 0.317 e. The first-order valence-electron chi connectivity index (χ1n) is 7.01. The van der Waals surface area contributed by atoms with E-state index in [4.69, 9.17) is 5.11 Å². The fraction of sp³-hybridized carbons (Fsp3) is 0.846. The third-order valence-corrected chi connectivity index (χ3v) is 4.18. The van der Waals surface area contributed by atoms with Crippen molar-refractivity contribution in [1.29, 1.82) is 0 Å². The number of carboxylic acids is 1. The lowest BCUT2D eigenvalue weighted by Crippen LogP contribution is -2.46. The monoisotopic (exact) mass is 290 g/mol. The molecule has 2 rings (SSSR count). The highest BCUT2D eigenvalue weighted by Gasteiger charge is 2.39. The van der Waals surface area contributed by atoms with Crippen LogP contribution in [-0.2, 0) is 4.79 Å². The Balaban J connectivity index is 1.70. The van der Waals surface area contributed by atoms with Crippen molar-refractivity contribution < 1.29 is 23.5 Å². The van der Waals surface area contributed by atoms with Gasteiger partial charge in [-0.25, -0.2) is 13.6 Å². The first-order valence-corrected chi connectivity index (χ1v) is 7.01. The number of likely N-dealkylation sites (tertiary alicyclic amines) is 1. The zero-order chi connectivity index (χ0) is 14.8. The van der Waals surface area contributed by atoms with Gasteiger partial charge in [-0.15, -0.1) is 0 Å². The highest BCUT2D eigenvalue weighted by molar-refractivity contribution is 5.75. The van der Waals surface area contributed by atoms with Gasteiger partial charge in [-0.3, -0.25) is 4.79 Å². The number of urea groups is 1. The minimum absolute atomic E-state index is 0.0997. The summed E-state index contributed by atoms with van der Waals surface area (Å²) >= 11 is 0. The summed E-state index contributed by atoms with van der Waals surface area (Å²) in [4.78, 5) is 24.2. The maximum Gasteiger partial charge on any atom is 0.317 e. The Morgan fingerprint density at radius 3 is 2.40 bits per heavy atom. The molecule has 0 aromatic carbocycles. The first kappa shape index (κ1) is 15.0. The summed E-state index contributed by atoms with van der Waals surface area (Å²) in [7, 11) is 0. The molecule has 0 aromatic rings. The van der Waals surface area contributed by atoms with Crippen LogP contribution in [0.15, 0.2) is 0 Å². The van der Waals surface area contributed by atoms with E-state index in [0.29, 0.717) is 32.4 Å². The van der Waals surface area contributed by atoms with Crippen LogP contribution in [0.25, 0.3) is 0 Å². The van der Waals surface area contributed by atoms with Gasteiger partial charge in [-0.2, -0.15) is 0 Å². The van der Waals surface area contributed by atoms with E-state index in [1.807, 2.05) is 0 Å². The van der Waals surface area contributed by atoms with Crippen LogP contribution < -0.4 is 5.32 Å². The van der Waals surface area contributed by atoms with Crippen molar-refractivity contribution in [3.63, 3.8) is 0 Å². The van der Waals surface area contributed by atoms with Crippen molar-refractivity contribution >= 4 is 12.0 Å². The molecule has 1 unspecified atom stereocenters. The Kier molecular flexibility index (Phi) is 4.45. The van der Waals surface area contributed by atoms with Gasteiger partial charge in [-0.1, -0.05) is 0 Å². The van der Waals surface area contributed by atoms with Gasteiger partial charge in [0.25, 0.3) is 0 Å². The summed E-state index contributed by atoms with van der Waals surface area (Å²) in [6.07, 6.45) is 1.08. The van der Waals surface area contributed by atoms with E-state index in [9.17, 15) is 18.4 Å². The fourth-order valence-electron chi connectivity index (χ4n) is 2.89. The van der Waals surface area contributed by atoms with Gasteiger partial charge in [0.15, 0.2) is 0 Å². The summed E-state index contributed by atoms with van der Waals surface area (Å²) in [6.45, 7) is 1.08. The Labute approximate surface area is 116 Å². The molecule has 1 heterocycles. The van der Waals surface area contributed by atoms with E-state index in [1.165, 1.54) is 0 Å². The number of halogens is 2. The van der Waals surface area contributed by atoms with E-state index in [0.717, 1.165) is 0 Å². The van der Waals surface area contributed by atoms with Crippen molar-refractivity contribution in [3.8, 4) is 0 Å². The number of rotatable bonds is 3. The average molecular weight is 290 g/mol. The molecule has 1 aliphatic carbocycles. The number of nitrogens with one attached hydrogen (secondary N) is 1. The maximum atomic E-state index is 13.0. The summed E-state index contributed by atoms with van der Waals surface area (Å²) < 4.78 is 26.0. The molecule has 0 radical (unpaired) electrons. The summed E-state index contributed by atoms with van der Waals surface area (Å²) in [5, 5.41) is 11.6. The van der Waals surface area contributed by atoms with Crippen LogP contribution >= 0.6 is 0 Å². The van der Waals surface area contributed by atoms with Crippen molar-refractivity contribution in [2.45, 2.75) is 38.0 Å². The molecule has 2 amide bonds. The summed E-state index contributed by atoms with van der Waals surface area (Å²) in [5.41, 5.74) is 0. The SMILES string of the molecule is O=C(O)C1CCN(C(=O)NCC2CCC(F)(F)C2)CC1. The van der Waals surface area contributed by atoms with Gasteiger partial charge in [0.2, 0.25) is 5.92 Å². The maximum absolute atomic E-state index is 13.0. The number of carbonyl (C=O) groups is 2. The van der Waals surface area contributed by atoms with Crippen molar-refractivity contribution in [3.05, 3.63) is 0 Å². The van der Waals surface area contributed by atoms with Crippen LogP contribution in [0, 0.1) is 11.8 Å². The van der Waals surface area contributed by atoms with Crippen LogP contribution in [0.5, 0.6) is 0 Å². The molecule has 7 heteroatoms. The molecule has 2 aliphatic rings. The largest absolute Gasteiger partial charge is 0.481 e. The molecule has 1 aliphatic heterocycles. The van der Waals surface area contributed by atoms with Crippen molar-refractivity contribution in [1.82, 2.24) is 10.2 Å². The number of amides is 2. The van der Waals surface area contributed by atoms with Crippen molar-refractivity contribution in [2.75, 3.05) is 19.6 Å². The predicted octanol–water partition coefficient (Wildman–Crippen LogP) is 1.93. The number of nitrogens with zero attached hydrogens (tertiary/aromatic N) is 1. The molecule has 1 saturated heterocycles. The quantitative estimate of drug-likeness (QED) is 0.834. The third kappa shape index (κ3) is 3.80. The van der Waals surface area contributed by atoms with E-state index in [1.54, 1.807) is 4.90 Å². The van der Waals surface area contributed by atoms with E-state index >= 15 is 0 Å². The lowest BCUT2D eigenvalue weighted by molar-refractivity contribution is -0.143. The standard InChI is InChI=1S/C13H20F2N2O3/c14-13(15)4-1-9(7-13)8-16-12(20)17-5-2-10(3-6-17)11(18)19/h9-10H,1-8H2,(H,16,20)(H,18,19). The number of carbonyl (C=O) groups excluding carboxylic acids is 1. The highest BCUT2D eigenvalue weighted by Crippen LogP contribution is 2.38. The molecule has 2 N–H and O–H groups in total.